The second-order valence-electron chi connectivity index (χ2n) is 16.4. The molecule has 21 heteroatoms. The van der Waals surface area contributed by atoms with E-state index in [2.05, 4.69) is 10.2 Å². The number of carbonyl (C=O) groups is 2. The zero-order valence-electron chi connectivity index (χ0n) is 39.9. The molecule has 0 aliphatic carbocycles. The molecule has 2 heterocycles. The molecule has 0 saturated heterocycles. The molecule has 6 rings (SSSR count). The Balaban J connectivity index is 0.000000304. The molecule has 0 unspecified atom stereocenters. The zero-order valence-corrected chi connectivity index (χ0v) is 42.1. The van der Waals surface area contributed by atoms with Crippen LogP contribution in [0.2, 0.25) is 0 Å². The SMILES string of the molecule is CCOc1nn(-c2ccccc2C(F)(F)F)cc1CCCOc1cccc(OC(C)(C)C(=O)[O-])c1.CCOc1nn(-c2ccccc2C(F)(F)F)cc1CCCOc1cccc(OC(C)(C)C(=O)[O-])c1.[Ca+2]. The molecule has 0 radical (unpaired) electrons. The van der Waals surface area contributed by atoms with Crippen molar-refractivity contribution in [1.29, 1.82) is 0 Å². The molecule has 2 aromatic heterocycles. The van der Waals surface area contributed by atoms with Crippen LogP contribution >= 0.6 is 0 Å². The van der Waals surface area contributed by atoms with E-state index in [9.17, 15) is 46.1 Å². The summed E-state index contributed by atoms with van der Waals surface area (Å²) in [6.45, 7) is 10.3. The van der Waals surface area contributed by atoms with E-state index in [1.165, 1.54) is 85.9 Å². The Bertz CT molecular complexity index is 2500. The van der Waals surface area contributed by atoms with Crippen molar-refractivity contribution in [3.05, 3.63) is 132 Å². The molecule has 376 valence electrons. The number of aromatic nitrogens is 4. The predicted octanol–water partition coefficient (Wildman–Crippen LogP) is 8.04. The summed E-state index contributed by atoms with van der Waals surface area (Å²) in [6, 6.07) is 23.6. The number of carboxylic acid groups (broad SMARTS) is 2. The number of nitrogens with zero attached hydrogens (tertiary/aromatic N) is 4. The number of para-hydroxylation sites is 2. The number of ether oxygens (including phenoxy) is 6. The molecule has 0 bridgehead atoms. The van der Waals surface area contributed by atoms with Crippen molar-refractivity contribution in [3.8, 4) is 46.1 Å². The molecular weight excluding hydrogens is 971 g/mol. The van der Waals surface area contributed by atoms with E-state index in [1.807, 2.05) is 0 Å². The number of aryl methyl sites for hydroxylation is 2. The summed E-state index contributed by atoms with van der Waals surface area (Å²) in [5.41, 5.74) is -3.44. The van der Waals surface area contributed by atoms with Gasteiger partial charge in [0.25, 0.3) is 0 Å². The summed E-state index contributed by atoms with van der Waals surface area (Å²) in [6.07, 6.45) is -3.99. The van der Waals surface area contributed by atoms with Crippen LogP contribution in [0.5, 0.6) is 34.8 Å². The first-order valence-corrected chi connectivity index (χ1v) is 22.0. The second kappa shape index (κ2) is 25.3. The van der Waals surface area contributed by atoms with Gasteiger partial charge in [-0.2, -0.15) is 26.3 Å². The predicted molar refractivity (Wildman–Crippen MR) is 245 cm³/mol. The third-order valence-corrected chi connectivity index (χ3v) is 10.0. The van der Waals surface area contributed by atoms with Gasteiger partial charge in [0.2, 0.25) is 11.8 Å². The number of carboxylic acids is 2. The Morgan fingerprint density at radius 1 is 0.535 bits per heavy atom. The van der Waals surface area contributed by atoms with E-state index in [0.29, 0.717) is 86.2 Å². The molecule has 6 aromatic rings. The van der Waals surface area contributed by atoms with Gasteiger partial charge in [0.1, 0.15) is 34.2 Å². The van der Waals surface area contributed by atoms with Crippen molar-refractivity contribution in [2.75, 3.05) is 26.4 Å². The third-order valence-electron chi connectivity index (χ3n) is 10.0. The molecule has 0 saturated carbocycles. The monoisotopic (exact) mass is 1020 g/mol. The summed E-state index contributed by atoms with van der Waals surface area (Å²) in [5, 5.41) is 30.7. The summed E-state index contributed by atoms with van der Waals surface area (Å²) < 4.78 is 116. The third kappa shape index (κ3) is 16.5. The van der Waals surface area contributed by atoms with Gasteiger partial charge in [-0.05, 0) is 116 Å². The molecule has 0 N–H and O–H groups in total. The molecule has 0 fully saturated rings. The van der Waals surface area contributed by atoms with Crippen LogP contribution in [-0.4, -0.2) is 107 Å². The molecule has 14 nitrogen and oxygen atoms in total. The molecule has 0 amide bonds. The number of halogens is 6. The molecular formula is C50H52CaF6N4O10. The van der Waals surface area contributed by atoms with E-state index < -0.39 is 46.6 Å². The first-order chi connectivity index (χ1) is 33.0. The molecule has 4 aromatic carbocycles. The Labute approximate surface area is 436 Å². The van der Waals surface area contributed by atoms with Crippen LogP contribution in [0.3, 0.4) is 0 Å². The van der Waals surface area contributed by atoms with Crippen LogP contribution in [0.15, 0.2) is 109 Å². The fourth-order valence-corrected chi connectivity index (χ4v) is 6.55. The van der Waals surface area contributed by atoms with Gasteiger partial charge in [-0.3, -0.25) is 0 Å². The van der Waals surface area contributed by atoms with Crippen LogP contribution in [-0.2, 0) is 34.8 Å². The standard InChI is InChI=1S/2C25H27F3N2O5.Ca/c2*1-4-33-22-17(16-30(29-22)21-13-6-5-12-20(21)25(26,27)28)9-8-14-34-18-10-7-11-19(15-18)35-24(2,3)23(31)32;/h2*5-7,10-13,15-16H,4,8-9,14H2,1-3H3,(H,31,32);/q;;+2/p-2. The van der Waals surface area contributed by atoms with Crippen LogP contribution in [0, 0.1) is 0 Å². The van der Waals surface area contributed by atoms with Crippen molar-refractivity contribution < 1.29 is 74.6 Å². The summed E-state index contributed by atoms with van der Waals surface area (Å²) >= 11 is 0. The fourth-order valence-electron chi connectivity index (χ4n) is 6.55. The minimum atomic E-state index is -4.52. The Morgan fingerprint density at radius 2 is 0.887 bits per heavy atom. The summed E-state index contributed by atoms with van der Waals surface area (Å²) in [5.74, 6) is -0.540. The van der Waals surface area contributed by atoms with Crippen LogP contribution < -0.4 is 38.6 Å². The Hall–Kier alpha value is -6.12. The largest absolute Gasteiger partial charge is 2.00 e. The van der Waals surface area contributed by atoms with Gasteiger partial charge < -0.3 is 48.2 Å². The van der Waals surface area contributed by atoms with E-state index >= 15 is 0 Å². The number of rotatable bonds is 22. The maximum atomic E-state index is 13.4. The number of hydrogen-bond acceptors (Lipinski definition) is 12. The van der Waals surface area contributed by atoms with E-state index in [0.717, 1.165) is 12.1 Å². The van der Waals surface area contributed by atoms with Gasteiger partial charge in [-0.1, -0.05) is 36.4 Å². The van der Waals surface area contributed by atoms with Crippen LogP contribution in [0.4, 0.5) is 26.3 Å². The molecule has 71 heavy (non-hydrogen) atoms. The molecule has 0 atom stereocenters. The van der Waals surface area contributed by atoms with Crippen molar-refractivity contribution in [3.63, 3.8) is 0 Å². The van der Waals surface area contributed by atoms with Gasteiger partial charge in [-0.25, -0.2) is 9.36 Å². The number of aliphatic carboxylic acids is 2. The summed E-state index contributed by atoms with van der Waals surface area (Å²) in [7, 11) is 0. The molecule has 0 spiro atoms. The Kier molecular flexibility index (Phi) is 20.5. The van der Waals surface area contributed by atoms with Crippen molar-refractivity contribution in [1.82, 2.24) is 19.6 Å². The van der Waals surface area contributed by atoms with Crippen LogP contribution in [0.25, 0.3) is 11.4 Å². The first-order valence-electron chi connectivity index (χ1n) is 22.0. The van der Waals surface area contributed by atoms with Gasteiger partial charge in [0.15, 0.2) is 0 Å². The van der Waals surface area contributed by atoms with Gasteiger partial charge in [-0.15, -0.1) is 10.2 Å². The van der Waals surface area contributed by atoms with Crippen molar-refractivity contribution in [2.45, 2.75) is 90.8 Å². The van der Waals surface area contributed by atoms with Gasteiger partial charge in [0, 0.05) is 35.7 Å². The number of hydrogen-bond donors (Lipinski definition) is 0. The van der Waals surface area contributed by atoms with Gasteiger partial charge in [0.05, 0.1) is 60.9 Å². The van der Waals surface area contributed by atoms with E-state index in [1.54, 1.807) is 62.4 Å². The molecule has 0 aliphatic rings. The minimum absolute atomic E-state index is 0. The number of benzene rings is 4. The maximum absolute atomic E-state index is 13.4. The van der Waals surface area contributed by atoms with E-state index in [-0.39, 0.29) is 60.9 Å². The fraction of sp³-hybridized carbons (Fsp3) is 0.360. The van der Waals surface area contributed by atoms with Crippen molar-refractivity contribution in [2.24, 2.45) is 0 Å². The quantitative estimate of drug-likeness (QED) is 0.0365. The second-order valence-corrected chi connectivity index (χ2v) is 16.4. The normalized spacial score (nSPS) is 11.7. The molecule has 0 aliphatic heterocycles. The number of alkyl halides is 6. The Morgan fingerprint density at radius 3 is 1.23 bits per heavy atom. The average molecular weight is 1020 g/mol. The summed E-state index contributed by atoms with van der Waals surface area (Å²) in [4.78, 5) is 22.3. The zero-order chi connectivity index (χ0) is 51.3. The smallest absolute Gasteiger partial charge is 0.546 e. The number of carbonyl (C=O) groups excluding carboxylic acids is 2. The minimum Gasteiger partial charge on any atom is -0.546 e. The topological polar surface area (TPSA) is 171 Å². The van der Waals surface area contributed by atoms with E-state index in [4.69, 9.17) is 28.4 Å². The average Bonchev–Trinajstić information content (AvgIpc) is 3.90. The maximum Gasteiger partial charge on any atom is 2.00 e. The first kappa shape index (κ1) is 57.5. The van der Waals surface area contributed by atoms with Gasteiger partial charge >= 0.3 is 50.1 Å². The van der Waals surface area contributed by atoms with Crippen molar-refractivity contribution >= 4 is 49.7 Å². The van der Waals surface area contributed by atoms with Crippen LogP contribution in [0.1, 0.15) is 76.6 Å².